The van der Waals surface area contributed by atoms with Crippen LogP contribution in [0.2, 0.25) is 0 Å². The summed E-state index contributed by atoms with van der Waals surface area (Å²) in [5.74, 6) is -0.132. The van der Waals surface area contributed by atoms with Gasteiger partial charge in [0.1, 0.15) is 32.7 Å². The highest BCUT2D eigenvalue weighted by Crippen LogP contribution is 2.41. The third kappa shape index (κ3) is 4.28. The van der Waals surface area contributed by atoms with Gasteiger partial charge in [0, 0.05) is 5.75 Å². The van der Waals surface area contributed by atoms with E-state index in [9.17, 15) is 9.59 Å². The predicted molar refractivity (Wildman–Crippen MR) is 114 cm³/mol. The van der Waals surface area contributed by atoms with Crippen LogP contribution in [0.4, 0.5) is 0 Å². The van der Waals surface area contributed by atoms with Gasteiger partial charge in [0.2, 0.25) is 0 Å². The van der Waals surface area contributed by atoms with Crippen LogP contribution in [0.15, 0.2) is 23.9 Å². The van der Waals surface area contributed by atoms with Crippen LogP contribution in [-0.2, 0) is 20.7 Å². The number of carbonyl (C=O) groups is 2. The molecule has 28 heavy (non-hydrogen) atoms. The second kappa shape index (κ2) is 7.92. The number of thiocarbonyl (C=S) groups is 1. The van der Waals surface area contributed by atoms with E-state index in [1.54, 1.807) is 38.6 Å². The molecule has 1 saturated heterocycles. The predicted octanol–water partition coefficient (Wildman–Crippen LogP) is 2.37. The Morgan fingerprint density at radius 1 is 1.46 bits per heavy atom. The standard InChI is InChI=1S/C18H22N4O3S3/c1-6-10-8-27-16-13(19-11(26)7-12-21-20-9(2)28-12)15(23)22(16)14(10)17(24)25-18(3,4)5/h6,13,16H,1,7-8H2,2-5H3,(H,19,26)/t13-,16+/m1/s1. The third-order valence-corrected chi connectivity index (χ3v) is 6.44. The Morgan fingerprint density at radius 3 is 2.75 bits per heavy atom. The first-order valence-electron chi connectivity index (χ1n) is 8.72. The monoisotopic (exact) mass is 438 g/mol. The summed E-state index contributed by atoms with van der Waals surface area (Å²) in [6.07, 6.45) is 2.05. The minimum atomic E-state index is -0.649. The number of aromatic nitrogens is 2. The van der Waals surface area contributed by atoms with Gasteiger partial charge in [-0.05, 0) is 33.3 Å². The first-order chi connectivity index (χ1) is 13.1. The van der Waals surface area contributed by atoms with Gasteiger partial charge in [-0.3, -0.25) is 9.69 Å². The Bertz CT molecular complexity index is 872. The Morgan fingerprint density at radius 2 is 2.18 bits per heavy atom. The molecule has 1 aromatic heterocycles. The number of fused-ring (bicyclic) bond motifs is 1. The lowest BCUT2D eigenvalue weighted by Gasteiger charge is -2.50. The largest absolute Gasteiger partial charge is 0.455 e. The van der Waals surface area contributed by atoms with Crippen LogP contribution in [0, 0.1) is 6.92 Å². The molecule has 1 fully saturated rings. The number of amides is 1. The Labute approximate surface area is 177 Å². The Kier molecular flexibility index (Phi) is 5.92. The van der Waals surface area contributed by atoms with Gasteiger partial charge >= 0.3 is 5.97 Å². The average molecular weight is 439 g/mol. The van der Waals surface area contributed by atoms with Crippen molar-refractivity contribution < 1.29 is 14.3 Å². The molecule has 1 N–H and O–H groups in total. The van der Waals surface area contributed by atoms with Crippen molar-refractivity contribution in [3.05, 3.63) is 33.9 Å². The molecule has 0 aliphatic carbocycles. The number of aryl methyl sites for hydroxylation is 1. The molecule has 0 bridgehead atoms. The molecule has 1 aromatic rings. The van der Waals surface area contributed by atoms with Crippen LogP contribution >= 0.6 is 35.3 Å². The van der Waals surface area contributed by atoms with Gasteiger partial charge in [0.15, 0.2) is 0 Å². The van der Waals surface area contributed by atoms with E-state index < -0.39 is 17.6 Å². The van der Waals surface area contributed by atoms with Gasteiger partial charge in [-0.25, -0.2) is 4.79 Å². The zero-order chi connectivity index (χ0) is 20.6. The van der Waals surface area contributed by atoms with Crippen molar-refractivity contribution in [1.82, 2.24) is 20.4 Å². The lowest BCUT2D eigenvalue weighted by Crippen LogP contribution is -2.70. The molecule has 0 unspecified atom stereocenters. The van der Waals surface area contributed by atoms with E-state index in [2.05, 4.69) is 22.1 Å². The number of hydrogen-bond donors (Lipinski definition) is 1. The number of allylic oxidation sites excluding steroid dienone is 1. The van der Waals surface area contributed by atoms with E-state index in [1.807, 2.05) is 6.92 Å². The number of nitrogens with one attached hydrogen (secondary N) is 1. The minimum absolute atomic E-state index is 0.201. The highest BCUT2D eigenvalue weighted by Gasteiger charge is 2.54. The molecule has 7 nitrogen and oxygen atoms in total. The SMILES string of the molecule is C=CC1=C(C(=O)OC(C)(C)C)N2C(=O)[C@@H](NC(=S)Cc3nnc(C)s3)[C@@H]2SC1. The van der Waals surface area contributed by atoms with Crippen molar-refractivity contribution in [1.29, 1.82) is 0 Å². The summed E-state index contributed by atoms with van der Waals surface area (Å²) in [5.41, 5.74) is 0.334. The molecule has 2 atom stereocenters. The van der Waals surface area contributed by atoms with Gasteiger partial charge in [0.25, 0.3) is 5.91 Å². The van der Waals surface area contributed by atoms with Crippen LogP contribution in [0.5, 0.6) is 0 Å². The number of hydrogen-bond acceptors (Lipinski definition) is 8. The molecule has 2 aliphatic rings. The van der Waals surface area contributed by atoms with E-state index in [4.69, 9.17) is 17.0 Å². The maximum Gasteiger partial charge on any atom is 0.355 e. The molecule has 2 aliphatic heterocycles. The number of β-lactam (4-membered cyclic amide) rings is 1. The van der Waals surface area contributed by atoms with Crippen molar-refractivity contribution in [2.75, 3.05) is 5.75 Å². The third-order valence-electron chi connectivity index (χ3n) is 4.03. The van der Waals surface area contributed by atoms with Crippen molar-refractivity contribution in [3.63, 3.8) is 0 Å². The fourth-order valence-corrected chi connectivity index (χ4v) is 5.30. The summed E-state index contributed by atoms with van der Waals surface area (Å²) in [6, 6.07) is -0.477. The van der Waals surface area contributed by atoms with Crippen LogP contribution in [0.3, 0.4) is 0 Å². The topological polar surface area (TPSA) is 84.4 Å². The lowest BCUT2D eigenvalue weighted by molar-refractivity contribution is -0.158. The van der Waals surface area contributed by atoms with E-state index in [-0.39, 0.29) is 17.0 Å². The van der Waals surface area contributed by atoms with Gasteiger partial charge in [0.05, 0.1) is 11.4 Å². The smallest absolute Gasteiger partial charge is 0.355 e. The van der Waals surface area contributed by atoms with Gasteiger partial charge in [-0.15, -0.1) is 33.3 Å². The highest BCUT2D eigenvalue weighted by atomic mass is 32.2. The van der Waals surface area contributed by atoms with E-state index >= 15 is 0 Å². The van der Waals surface area contributed by atoms with Crippen molar-refractivity contribution in [2.45, 2.75) is 51.1 Å². The molecule has 10 heteroatoms. The summed E-state index contributed by atoms with van der Waals surface area (Å²) in [7, 11) is 0. The number of ether oxygens (including phenoxy) is 1. The number of nitrogens with zero attached hydrogens (tertiary/aromatic N) is 3. The molecule has 150 valence electrons. The van der Waals surface area contributed by atoms with Gasteiger partial charge in [-0.1, -0.05) is 24.9 Å². The maximum atomic E-state index is 12.8. The van der Waals surface area contributed by atoms with Crippen LogP contribution < -0.4 is 5.32 Å². The van der Waals surface area contributed by atoms with Crippen molar-refractivity contribution in [3.8, 4) is 0 Å². The highest BCUT2D eigenvalue weighted by molar-refractivity contribution is 8.00. The Hall–Kier alpha value is -1.78. The first kappa shape index (κ1) is 20.9. The molecule has 0 aromatic carbocycles. The van der Waals surface area contributed by atoms with Crippen molar-refractivity contribution in [2.24, 2.45) is 0 Å². The van der Waals surface area contributed by atoms with Crippen LogP contribution in [0.1, 0.15) is 30.8 Å². The number of thioether (sulfide) groups is 1. The molecule has 3 heterocycles. The van der Waals surface area contributed by atoms with E-state index in [0.29, 0.717) is 22.7 Å². The number of rotatable bonds is 5. The van der Waals surface area contributed by atoms with Gasteiger partial charge in [-0.2, -0.15) is 0 Å². The second-order valence-electron chi connectivity index (χ2n) is 7.43. The first-order valence-corrected chi connectivity index (χ1v) is 11.0. The molecule has 0 spiro atoms. The molecular weight excluding hydrogens is 416 g/mol. The summed E-state index contributed by atoms with van der Waals surface area (Å²) in [4.78, 5) is 27.5. The van der Waals surface area contributed by atoms with Crippen LogP contribution in [0.25, 0.3) is 0 Å². The van der Waals surface area contributed by atoms with Crippen molar-refractivity contribution >= 4 is 52.2 Å². The molecule has 1 amide bonds. The second-order valence-corrected chi connectivity index (χ2v) is 10.3. The minimum Gasteiger partial charge on any atom is -0.455 e. The molecule has 0 radical (unpaired) electrons. The zero-order valence-electron chi connectivity index (χ0n) is 16.1. The Balaban J connectivity index is 1.72. The summed E-state index contributed by atoms with van der Waals surface area (Å²) < 4.78 is 5.50. The maximum absolute atomic E-state index is 12.8. The van der Waals surface area contributed by atoms with E-state index in [0.717, 1.165) is 10.0 Å². The molecule has 3 rings (SSSR count). The zero-order valence-corrected chi connectivity index (χ0v) is 18.6. The average Bonchev–Trinajstić information content (AvgIpc) is 3.01. The fourth-order valence-electron chi connectivity index (χ4n) is 2.89. The lowest BCUT2D eigenvalue weighted by atomic mass is 10.0. The molecular formula is C18H22N4O3S3. The van der Waals surface area contributed by atoms with E-state index in [1.165, 1.54) is 16.2 Å². The quantitative estimate of drug-likeness (QED) is 0.426. The molecule has 0 saturated carbocycles. The number of esters is 1. The summed E-state index contributed by atoms with van der Waals surface area (Å²) in [6.45, 7) is 11.0. The summed E-state index contributed by atoms with van der Waals surface area (Å²) >= 11 is 8.44. The summed E-state index contributed by atoms with van der Waals surface area (Å²) in [5, 5.41) is 12.6. The normalized spacial score (nSPS) is 21.7. The van der Waals surface area contributed by atoms with Crippen LogP contribution in [-0.4, -0.2) is 54.7 Å². The van der Waals surface area contributed by atoms with Gasteiger partial charge < -0.3 is 10.1 Å². The fraction of sp³-hybridized carbons (Fsp3) is 0.500. The number of carbonyl (C=O) groups excluding carboxylic acids is 2.